The predicted molar refractivity (Wildman–Crippen MR) is 57.1 cm³/mol. The van der Waals surface area contributed by atoms with Crippen LogP contribution in [0.2, 0.25) is 0 Å². The van der Waals surface area contributed by atoms with Gasteiger partial charge in [-0.3, -0.25) is 0 Å². The van der Waals surface area contributed by atoms with Crippen molar-refractivity contribution in [2.45, 2.75) is 11.4 Å². The molecule has 14 heavy (non-hydrogen) atoms. The molecule has 3 nitrogen and oxygen atoms in total. The molecule has 4 heteroatoms. The van der Waals surface area contributed by atoms with Gasteiger partial charge in [-0.2, -0.15) is 0 Å². The third-order valence-corrected chi connectivity index (χ3v) is 3.01. The molecule has 76 valence electrons. The summed E-state index contributed by atoms with van der Waals surface area (Å²) in [4.78, 5) is 1.17. The fourth-order valence-electron chi connectivity index (χ4n) is 1.48. The van der Waals surface area contributed by atoms with Gasteiger partial charge in [-0.25, -0.2) is 0 Å². The molecule has 1 heterocycles. The highest BCUT2D eigenvalue weighted by molar-refractivity contribution is 7.99. The standard InChI is InChI=1S/C10H13NO2S/c1-11-5-7-3-9-10(14-6-13-9)4-8(7)12-2/h3-4,11H,5-6H2,1-2H3. The summed E-state index contributed by atoms with van der Waals surface area (Å²) in [6, 6.07) is 4.09. The third kappa shape index (κ3) is 1.67. The topological polar surface area (TPSA) is 30.5 Å². The van der Waals surface area contributed by atoms with Gasteiger partial charge < -0.3 is 14.8 Å². The van der Waals surface area contributed by atoms with Gasteiger partial charge in [0.25, 0.3) is 0 Å². The van der Waals surface area contributed by atoms with Crippen molar-refractivity contribution in [2.75, 3.05) is 20.1 Å². The van der Waals surface area contributed by atoms with Gasteiger partial charge in [-0.15, -0.1) is 0 Å². The average Bonchev–Trinajstić information content (AvgIpc) is 2.64. The van der Waals surface area contributed by atoms with E-state index >= 15 is 0 Å². The fraction of sp³-hybridized carbons (Fsp3) is 0.400. The van der Waals surface area contributed by atoms with Crippen LogP contribution in [-0.2, 0) is 6.54 Å². The molecular formula is C10H13NO2S. The monoisotopic (exact) mass is 211 g/mol. The van der Waals surface area contributed by atoms with Gasteiger partial charge in [-0.05, 0) is 19.2 Å². The van der Waals surface area contributed by atoms with Crippen LogP contribution < -0.4 is 14.8 Å². The minimum Gasteiger partial charge on any atom is -0.496 e. The summed E-state index contributed by atoms with van der Waals surface area (Å²) in [5.74, 6) is 2.61. The van der Waals surface area contributed by atoms with Crippen molar-refractivity contribution in [1.29, 1.82) is 0 Å². The Morgan fingerprint density at radius 1 is 1.57 bits per heavy atom. The van der Waals surface area contributed by atoms with Gasteiger partial charge in [0.05, 0.1) is 12.0 Å². The number of rotatable bonds is 3. The van der Waals surface area contributed by atoms with E-state index in [4.69, 9.17) is 9.47 Å². The number of thioether (sulfide) groups is 1. The van der Waals surface area contributed by atoms with Crippen molar-refractivity contribution in [3.63, 3.8) is 0 Å². The molecule has 1 N–H and O–H groups in total. The largest absolute Gasteiger partial charge is 0.496 e. The molecule has 0 fully saturated rings. The molecule has 0 saturated heterocycles. The van der Waals surface area contributed by atoms with Crippen LogP contribution in [0.3, 0.4) is 0 Å². The molecule has 0 atom stereocenters. The highest BCUT2D eigenvalue weighted by atomic mass is 32.2. The van der Waals surface area contributed by atoms with E-state index < -0.39 is 0 Å². The molecule has 0 radical (unpaired) electrons. The van der Waals surface area contributed by atoms with E-state index in [-0.39, 0.29) is 0 Å². The van der Waals surface area contributed by atoms with E-state index in [0.717, 1.165) is 23.6 Å². The Morgan fingerprint density at radius 3 is 3.14 bits per heavy atom. The molecular weight excluding hydrogens is 198 g/mol. The molecule has 1 aromatic carbocycles. The maximum Gasteiger partial charge on any atom is 0.138 e. The summed E-state index contributed by atoms with van der Waals surface area (Å²) in [5.41, 5.74) is 1.14. The second kappa shape index (κ2) is 4.11. The van der Waals surface area contributed by atoms with Crippen LogP contribution in [0.4, 0.5) is 0 Å². The van der Waals surface area contributed by atoms with Crippen LogP contribution in [0.1, 0.15) is 5.56 Å². The zero-order valence-corrected chi connectivity index (χ0v) is 9.11. The number of hydrogen-bond donors (Lipinski definition) is 1. The summed E-state index contributed by atoms with van der Waals surface area (Å²) >= 11 is 1.70. The normalized spacial score (nSPS) is 13.6. The first-order valence-corrected chi connectivity index (χ1v) is 5.45. The van der Waals surface area contributed by atoms with E-state index in [1.807, 2.05) is 19.2 Å². The van der Waals surface area contributed by atoms with E-state index in [2.05, 4.69) is 5.32 Å². The van der Waals surface area contributed by atoms with Crippen molar-refractivity contribution in [3.05, 3.63) is 17.7 Å². The van der Waals surface area contributed by atoms with E-state index in [1.54, 1.807) is 18.9 Å². The van der Waals surface area contributed by atoms with Crippen molar-refractivity contribution < 1.29 is 9.47 Å². The first kappa shape index (κ1) is 9.68. The predicted octanol–water partition coefficient (Wildman–Crippen LogP) is 1.86. The number of ether oxygens (including phenoxy) is 2. The molecule has 0 aromatic heterocycles. The molecule has 0 amide bonds. The quantitative estimate of drug-likeness (QED) is 0.826. The molecule has 1 aliphatic heterocycles. The zero-order chi connectivity index (χ0) is 9.97. The lowest BCUT2D eigenvalue weighted by Crippen LogP contribution is -2.06. The van der Waals surface area contributed by atoms with E-state index in [1.165, 1.54) is 4.90 Å². The molecule has 1 aliphatic rings. The highest BCUT2D eigenvalue weighted by Gasteiger charge is 2.16. The Morgan fingerprint density at radius 2 is 2.43 bits per heavy atom. The fourth-order valence-corrected chi connectivity index (χ4v) is 2.25. The molecule has 0 aliphatic carbocycles. The summed E-state index contributed by atoms with van der Waals surface area (Å²) in [6.07, 6.45) is 0. The molecule has 0 saturated carbocycles. The van der Waals surface area contributed by atoms with Gasteiger partial charge in [-0.1, -0.05) is 11.8 Å². The van der Waals surface area contributed by atoms with E-state index in [0.29, 0.717) is 5.94 Å². The second-order valence-electron chi connectivity index (χ2n) is 3.05. The van der Waals surface area contributed by atoms with Gasteiger partial charge in [0, 0.05) is 12.1 Å². The van der Waals surface area contributed by atoms with E-state index in [9.17, 15) is 0 Å². The molecule has 1 aromatic rings. The Labute approximate surface area is 87.8 Å². The lowest BCUT2D eigenvalue weighted by atomic mass is 10.2. The Hall–Kier alpha value is -0.870. The van der Waals surface area contributed by atoms with Crippen molar-refractivity contribution in [1.82, 2.24) is 5.32 Å². The first-order chi connectivity index (χ1) is 6.85. The summed E-state index contributed by atoms with van der Waals surface area (Å²) in [7, 11) is 3.61. The van der Waals surface area contributed by atoms with Crippen LogP contribution in [0.5, 0.6) is 11.5 Å². The third-order valence-electron chi connectivity index (χ3n) is 2.14. The Bertz CT molecular complexity index is 341. The number of methoxy groups -OCH3 is 1. The minimum atomic E-state index is 0.710. The highest BCUT2D eigenvalue weighted by Crippen LogP contribution is 2.40. The summed E-state index contributed by atoms with van der Waals surface area (Å²) in [6.45, 7) is 0.796. The van der Waals surface area contributed by atoms with Crippen LogP contribution in [0.15, 0.2) is 17.0 Å². The molecule has 0 bridgehead atoms. The van der Waals surface area contributed by atoms with Gasteiger partial charge in [0.1, 0.15) is 17.4 Å². The average molecular weight is 211 g/mol. The Balaban J connectivity index is 2.38. The molecule has 0 unspecified atom stereocenters. The number of nitrogens with one attached hydrogen (secondary N) is 1. The number of benzene rings is 1. The minimum absolute atomic E-state index is 0.710. The zero-order valence-electron chi connectivity index (χ0n) is 8.29. The number of fused-ring (bicyclic) bond motifs is 1. The van der Waals surface area contributed by atoms with Crippen molar-refractivity contribution in [3.8, 4) is 11.5 Å². The van der Waals surface area contributed by atoms with Crippen molar-refractivity contribution >= 4 is 11.8 Å². The van der Waals surface area contributed by atoms with Crippen molar-refractivity contribution in [2.24, 2.45) is 0 Å². The van der Waals surface area contributed by atoms with Crippen LogP contribution >= 0.6 is 11.8 Å². The summed E-state index contributed by atoms with van der Waals surface area (Å²) < 4.78 is 10.8. The van der Waals surface area contributed by atoms with Crippen LogP contribution in [0, 0.1) is 0 Å². The molecule has 2 rings (SSSR count). The lowest BCUT2D eigenvalue weighted by molar-refractivity contribution is 0.387. The van der Waals surface area contributed by atoms with Crippen LogP contribution in [0.25, 0.3) is 0 Å². The maximum atomic E-state index is 5.46. The lowest BCUT2D eigenvalue weighted by Gasteiger charge is -2.09. The smallest absolute Gasteiger partial charge is 0.138 e. The maximum absolute atomic E-state index is 5.46. The van der Waals surface area contributed by atoms with Gasteiger partial charge >= 0.3 is 0 Å². The van der Waals surface area contributed by atoms with Gasteiger partial charge in [0.15, 0.2) is 0 Å². The second-order valence-corrected chi connectivity index (χ2v) is 4.01. The van der Waals surface area contributed by atoms with Gasteiger partial charge in [0.2, 0.25) is 0 Å². The first-order valence-electron chi connectivity index (χ1n) is 4.46. The van der Waals surface area contributed by atoms with Crippen LogP contribution in [-0.4, -0.2) is 20.1 Å². The summed E-state index contributed by atoms with van der Waals surface area (Å²) in [5, 5.41) is 3.11. The molecule has 0 spiro atoms. The SMILES string of the molecule is CNCc1cc2c(cc1OC)SCO2. The Kier molecular flexibility index (Phi) is 2.84. The number of hydrogen-bond acceptors (Lipinski definition) is 4.